The Morgan fingerprint density at radius 1 is 1.28 bits per heavy atom. The number of rotatable bonds is 2. The molecule has 0 radical (unpaired) electrons. The van der Waals surface area contributed by atoms with Crippen molar-refractivity contribution in [2.24, 2.45) is 0 Å². The number of fused-ring (bicyclic) bond motifs is 1. The monoisotopic (exact) mass is 339 g/mol. The predicted octanol–water partition coefficient (Wildman–Crippen LogP) is 1.86. The maximum absolute atomic E-state index is 12.9. The molecule has 2 aromatic carbocycles. The SMILES string of the molecule is COC(=O)C1C(O)CCN1C(=O)N(C#N)c1cccc2ccccc12. The normalized spacial score (nSPS) is 19.5. The van der Waals surface area contributed by atoms with Crippen molar-refractivity contribution in [3.8, 4) is 6.19 Å². The summed E-state index contributed by atoms with van der Waals surface area (Å²) in [5.74, 6) is -0.700. The fourth-order valence-corrected chi connectivity index (χ4v) is 3.13. The Hall–Kier alpha value is -3.11. The topological polar surface area (TPSA) is 93.9 Å². The number of ether oxygens (including phenoxy) is 1. The van der Waals surface area contributed by atoms with Crippen LogP contribution in [0, 0.1) is 11.5 Å². The molecule has 7 nitrogen and oxygen atoms in total. The van der Waals surface area contributed by atoms with Crippen LogP contribution in [0.5, 0.6) is 0 Å². The van der Waals surface area contributed by atoms with Crippen LogP contribution in [0.3, 0.4) is 0 Å². The Balaban J connectivity index is 1.99. The summed E-state index contributed by atoms with van der Waals surface area (Å²) in [6, 6.07) is 10.9. The number of hydrogen-bond acceptors (Lipinski definition) is 5. The summed E-state index contributed by atoms with van der Waals surface area (Å²) >= 11 is 0. The molecule has 1 saturated heterocycles. The third-order valence-electron chi connectivity index (χ3n) is 4.35. The van der Waals surface area contributed by atoms with E-state index in [0.717, 1.165) is 15.7 Å². The van der Waals surface area contributed by atoms with Crippen LogP contribution in [-0.2, 0) is 9.53 Å². The van der Waals surface area contributed by atoms with Gasteiger partial charge in [0.15, 0.2) is 12.2 Å². The van der Waals surface area contributed by atoms with E-state index in [1.54, 1.807) is 12.1 Å². The van der Waals surface area contributed by atoms with Gasteiger partial charge in [0.25, 0.3) is 0 Å². The van der Waals surface area contributed by atoms with Gasteiger partial charge >= 0.3 is 12.0 Å². The summed E-state index contributed by atoms with van der Waals surface area (Å²) in [5.41, 5.74) is 0.426. The van der Waals surface area contributed by atoms with Gasteiger partial charge in [0.1, 0.15) is 0 Å². The molecule has 0 spiro atoms. The number of nitriles is 1. The molecule has 2 unspecified atom stereocenters. The van der Waals surface area contributed by atoms with E-state index in [2.05, 4.69) is 4.74 Å². The molecule has 3 rings (SSSR count). The smallest absolute Gasteiger partial charge is 0.338 e. The predicted molar refractivity (Wildman–Crippen MR) is 90.6 cm³/mol. The summed E-state index contributed by atoms with van der Waals surface area (Å²) in [6.45, 7) is 0.169. The number of likely N-dealkylation sites (tertiary alicyclic amines) is 1. The number of methoxy groups -OCH3 is 1. The molecule has 0 bridgehead atoms. The van der Waals surface area contributed by atoms with Crippen LogP contribution >= 0.6 is 0 Å². The van der Waals surface area contributed by atoms with Crippen LogP contribution in [0.1, 0.15) is 6.42 Å². The van der Waals surface area contributed by atoms with Gasteiger partial charge in [-0.05, 0) is 17.9 Å². The Bertz CT molecular complexity index is 856. The molecule has 0 aromatic heterocycles. The Morgan fingerprint density at radius 2 is 2.00 bits per heavy atom. The van der Waals surface area contributed by atoms with Gasteiger partial charge in [-0.1, -0.05) is 36.4 Å². The zero-order valence-electron chi connectivity index (χ0n) is 13.6. The number of aliphatic hydroxyl groups is 1. The highest BCUT2D eigenvalue weighted by Crippen LogP contribution is 2.29. The van der Waals surface area contributed by atoms with Crippen molar-refractivity contribution in [1.82, 2.24) is 4.90 Å². The third kappa shape index (κ3) is 2.88. The molecule has 128 valence electrons. The van der Waals surface area contributed by atoms with Crippen LogP contribution in [-0.4, -0.2) is 47.8 Å². The molecule has 1 aliphatic rings. The van der Waals surface area contributed by atoms with Crippen molar-refractivity contribution in [3.05, 3.63) is 42.5 Å². The first-order chi connectivity index (χ1) is 12.1. The van der Waals surface area contributed by atoms with Crippen LogP contribution in [0.2, 0.25) is 0 Å². The molecule has 25 heavy (non-hydrogen) atoms. The molecule has 2 amide bonds. The lowest BCUT2D eigenvalue weighted by atomic mass is 10.1. The molecule has 1 heterocycles. The van der Waals surface area contributed by atoms with Crippen molar-refractivity contribution < 1.29 is 19.4 Å². The molecule has 0 saturated carbocycles. The molecule has 1 fully saturated rings. The van der Waals surface area contributed by atoms with Crippen molar-refractivity contribution in [2.75, 3.05) is 18.6 Å². The zero-order valence-corrected chi connectivity index (χ0v) is 13.6. The van der Waals surface area contributed by atoms with Gasteiger partial charge in [-0.3, -0.25) is 0 Å². The van der Waals surface area contributed by atoms with Crippen molar-refractivity contribution in [3.63, 3.8) is 0 Å². The molecular weight excluding hydrogens is 322 g/mol. The van der Waals surface area contributed by atoms with Gasteiger partial charge in [0, 0.05) is 11.9 Å². The highest BCUT2D eigenvalue weighted by atomic mass is 16.5. The maximum Gasteiger partial charge on any atom is 0.338 e. The number of amides is 2. The average Bonchev–Trinajstić information content (AvgIpc) is 3.03. The second kappa shape index (κ2) is 6.79. The molecule has 2 aromatic rings. The number of carbonyl (C=O) groups excluding carboxylic acids is 2. The number of anilines is 1. The van der Waals surface area contributed by atoms with Crippen LogP contribution < -0.4 is 4.90 Å². The first-order valence-electron chi connectivity index (χ1n) is 7.82. The van der Waals surface area contributed by atoms with Crippen LogP contribution in [0.25, 0.3) is 10.8 Å². The van der Waals surface area contributed by atoms with Crippen LogP contribution in [0.15, 0.2) is 42.5 Å². The first-order valence-corrected chi connectivity index (χ1v) is 7.82. The quantitative estimate of drug-likeness (QED) is 0.512. The number of hydrogen-bond donors (Lipinski definition) is 1. The lowest BCUT2D eigenvalue weighted by molar-refractivity contribution is -0.147. The van der Waals surface area contributed by atoms with E-state index in [0.29, 0.717) is 5.69 Å². The second-order valence-corrected chi connectivity index (χ2v) is 5.73. The number of benzene rings is 2. The largest absolute Gasteiger partial charge is 0.467 e. The Kier molecular flexibility index (Phi) is 4.55. The molecule has 0 aliphatic carbocycles. The second-order valence-electron chi connectivity index (χ2n) is 5.73. The Morgan fingerprint density at radius 3 is 2.72 bits per heavy atom. The molecule has 7 heteroatoms. The maximum atomic E-state index is 12.9. The van der Waals surface area contributed by atoms with Gasteiger partial charge in [-0.15, -0.1) is 0 Å². The van der Waals surface area contributed by atoms with E-state index >= 15 is 0 Å². The average molecular weight is 339 g/mol. The Labute approximate surface area is 144 Å². The summed E-state index contributed by atoms with van der Waals surface area (Å²) in [5, 5.41) is 21.2. The van der Waals surface area contributed by atoms with Crippen molar-refractivity contribution in [2.45, 2.75) is 18.6 Å². The fourth-order valence-electron chi connectivity index (χ4n) is 3.13. The summed E-state index contributed by atoms with van der Waals surface area (Å²) in [6.07, 6.45) is 1.13. The highest BCUT2D eigenvalue weighted by molar-refractivity contribution is 6.05. The van der Waals surface area contributed by atoms with Gasteiger partial charge in [0.2, 0.25) is 0 Å². The third-order valence-corrected chi connectivity index (χ3v) is 4.35. The minimum atomic E-state index is -1.11. The van der Waals surface area contributed by atoms with Gasteiger partial charge < -0.3 is 14.7 Å². The number of nitrogens with zero attached hydrogens (tertiary/aromatic N) is 3. The van der Waals surface area contributed by atoms with E-state index in [1.807, 2.05) is 36.5 Å². The first kappa shape index (κ1) is 16.7. The van der Waals surface area contributed by atoms with Gasteiger partial charge in [-0.2, -0.15) is 10.2 Å². The van der Waals surface area contributed by atoms with E-state index in [4.69, 9.17) is 0 Å². The summed E-state index contributed by atoms with van der Waals surface area (Å²) < 4.78 is 4.68. The van der Waals surface area contributed by atoms with Crippen molar-refractivity contribution >= 4 is 28.5 Å². The molecule has 2 atom stereocenters. The minimum absolute atomic E-state index is 0.169. The van der Waals surface area contributed by atoms with Gasteiger partial charge in [0.05, 0.1) is 18.9 Å². The van der Waals surface area contributed by atoms with Crippen molar-refractivity contribution in [1.29, 1.82) is 5.26 Å². The highest BCUT2D eigenvalue weighted by Gasteiger charge is 2.43. The molecule has 1 aliphatic heterocycles. The zero-order chi connectivity index (χ0) is 18.0. The number of esters is 1. The summed E-state index contributed by atoms with van der Waals surface area (Å²) in [4.78, 5) is 27.0. The van der Waals surface area contributed by atoms with Gasteiger partial charge in [-0.25, -0.2) is 9.59 Å². The van der Waals surface area contributed by atoms with Crippen LogP contribution in [0.4, 0.5) is 10.5 Å². The fraction of sp³-hybridized carbons (Fsp3) is 0.278. The standard InChI is InChI=1S/C18H17N3O4/c1-25-17(23)16-15(22)9-10-20(16)18(24)21(11-19)14-8-4-6-12-5-2-3-7-13(12)14/h2-8,15-16,22H,9-10H2,1H3. The number of aliphatic hydroxyl groups excluding tert-OH is 1. The lowest BCUT2D eigenvalue weighted by Gasteiger charge is -2.27. The molecular formula is C18H17N3O4. The minimum Gasteiger partial charge on any atom is -0.467 e. The van der Waals surface area contributed by atoms with E-state index in [9.17, 15) is 20.0 Å². The molecule has 1 N–H and O–H groups in total. The summed E-state index contributed by atoms with van der Waals surface area (Å²) in [7, 11) is 1.20. The van der Waals surface area contributed by atoms with E-state index in [1.165, 1.54) is 12.0 Å². The lowest BCUT2D eigenvalue weighted by Crippen LogP contribution is -2.50. The number of carbonyl (C=O) groups is 2. The van der Waals surface area contributed by atoms with E-state index in [-0.39, 0.29) is 13.0 Å². The number of urea groups is 1. The van der Waals surface area contributed by atoms with E-state index < -0.39 is 24.1 Å².